The Morgan fingerprint density at radius 1 is 1.29 bits per heavy atom. The lowest BCUT2D eigenvalue weighted by molar-refractivity contribution is -0.0556. The first-order valence-corrected chi connectivity index (χ1v) is 10.3. The van der Waals surface area contributed by atoms with Crippen LogP contribution in [-0.2, 0) is 4.74 Å². The molecule has 0 saturated carbocycles. The van der Waals surface area contributed by atoms with Crippen molar-refractivity contribution in [2.75, 3.05) is 32.9 Å². The van der Waals surface area contributed by atoms with E-state index in [2.05, 4.69) is 37.3 Å². The smallest absolute Gasteiger partial charge is 0.253 e. The number of allylic oxidation sites excluding steroid dienone is 1. The lowest BCUT2D eigenvalue weighted by Gasteiger charge is -2.36. The zero-order valence-corrected chi connectivity index (χ0v) is 16.6. The zero-order valence-electron chi connectivity index (χ0n) is 16.6. The van der Waals surface area contributed by atoms with Crippen LogP contribution in [0.15, 0.2) is 42.5 Å². The monoisotopic (exact) mass is 379 g/mol. The second-order valence-corrected chi connectivity index (χ2v) is 8.26. The summed E-state index contributed by atoms with van der Waals surface area (Å²) in [4.78, 5) is 15.0. The van der Waals surface area contributed by atoms with E-state index in [1.807, 2.05) is 23.1 Å². The summed E-state index contributed by atoms with van der Waals surface area (Å²) in [5, 5.41) is 12.2. The summed E-state index contributed by atoms with van der Waals surface area (Å²) < 4.78 is 5.61. The van der Waals surface area contributed by atoms with Gasteiger partial charge < -0.3 is 14.7 Å². The lowest BCUT2D eigenvalue weighted by Crippen LogP contribution is -2.43. The minimum Gasteiger partial charge on any atom is -0.396 e. The average Bonchev–Trinajstić information content (AvgIpc) is 3.13. The van der Waals surface area contributed by atoms with Gasteiger partial charge in [-0.3, -0.25) is 4.79 Å². The van der Waals surface area contributed by atoms with Gasteiger partial charge in [0.15, 0.2) is 0 Å². The van der Waals surface area contributed by atoms with Crippen LogP contribution in [0.5, 0.6) is 0 Å². The van der Waals surface area contributed by atoms with Gasteiger partial charge in [0.1, 0.15) is 0 Å². The highest BCUT2D eigenvalue weighted by Crippen LogP contribution is 2.41. The number of fused-ring (bicyclic) bond motifs is 2. The quantitative estimate of drug-likeness (QED) is 0.850. The molecule has 1 amide bonds. The van der Waals surface area contributed by atoms with Gasteiger partial charge in [-0.25, -0.2) is 0 Å². The number of amides is 1. The van der Waals surface area contributed by atoms with Gasteiger partial charge in [0.2, 0.25) is 0 Å². The van der Waals surface area contributed by atoms with Crippen molar-refractivity contribution in [3.05, 3.63) is 53.6 Å². The highest BCUT2D eigenvalue weighted by atomic mass is 16.5. The van der Waals surface area contributed by atoms with Crippen LogP contribution in [0.2, 0.25) is 0 Å². The maximum Gasteiger partial charge on any atom is 0.253 e. The largest absolute Gasteiger partial charge is 0.396 e. The molecule has 2 aliphatic heterocycles. The minimum atomic E-state index is -0.287. The standard InChI is InChI=1S/C24H29NO3/c1-2-3-4-5-18-6-7-20-13-21(9-8-19(20)12-18)23(27)25-14-22-10-11-28-17-24(22,15-25)16-26/h4-9,12-13,22,26H,2-3,10-11,14-17H2,1H3/b5-4+/t22-,24+/m0/s1. The number of carbonyl (C=O) groups is 1. The van der Waals surface area contributed by atoms with E-state index >= 15 is 0 Å². The molecule has 0 radical (unpaired) electrons. The second kappa shape index (κ2) is 8.06. The molecule has 0 aliphatic carbocycles. The molecular weight excluding hydrogens is 350 g/mol. The van der Waals surface area contributed by atoms with Gasteiger partial charge in [0, 0.05) is 30.7 Å². The van der Waals surface area contributed by atoms with Crippen molar-refractivity contribution in [3.63, 3.8) is 0 Å². The zero-order chi connectivity index (χ0) is 19.6. The number of hydrogen-bond donors (Lipinski definition) is 1. The Balaban J connectivity index is 1.54. The molecule has 2 fully saturated rings. The maximum atomic E-state index is 13.1. The van der Waals surface area contributed by atoms with Crippen molar-refractivity contribution >= 4 is 22.8 Å². The predicted octanol–water partition coefficient (Wildman–Crippen LogP) is 4.12. The number of ether oxygens (including phenoxy) is 1. The van der Waals surface area contributed by atoms with Gasteiger partial charge in [-0.15, -0.1) is 0 Å². The van der Waals surface area contributed by atoms with Gasteiger partial charge in [0.25, 0.3) is 5.91 Å². The molecule has 4 nitrogen and oxygen atoms in total. The van der Waals surface area contributed by atoms with Crippen LogP contribution in [-0.4, -0.2) is 48.8 Å². The fourth-order valence-electron chi connectivity index (χ4n) is 4.54. The van der Waals surface area contributed by atoms with Crippen LogP contribution in [0, 0.1) is 11.3 Å². The number of hydrogen-bond acceptors (Lipinski definition) is 3. The molecule has 0 bridgehead atoms. The van der Waals surface area contributed by atoms with Gasteiger partial charge in [-0.2, -0.15) is 0 Å². The highest BCUT2D eigenvalue weighted by molar-refractivity contribution is 5.99. The van der Waals surface area contributed by atoms with Crippen LogP contribution < -0.4 is 0 Å². The number of aliphatic hydroxyl groups excluding tert-OH is 1. The Labute approximate surface area is 166 Å². The van der Waals surface area contributed by atoms with Crippen molar-refractivity contribution in [3.8, 4) is 0 Å². The molecule has 2 aromatic rings. The number of unbranched alkanes of at least 4 members (excludes halogenated alkanes) is 1. The first-order chi connectivity index (χ1) is 13.6. The van der Waals surface area contributed by atoms with Gasteiger partial charge >= 0.3 is 0 Å². The summed E-state index contributed by atoms with van der Waals surface area (Å²) in [7, 11) is 0. The Hall–Kier alpha value is -2.17. The average molecular weight is 380 g/mol. The number of likely N-dealkylation sites (tertiary alicyclic amines) is 1. The third kappa shape index (κ3) is 3.59. The van der Waals surface area contributed by atoms with Crippen molar-refractivity contribution in [1.82, 2.24) is 4.90 Å². The molecule has 28 heavy (non-hydrogen) atoms. The third-order valence-corrected chi connectivity index (χ3v) is 6.29. The molecule has 2 aliphatic rings. The van der Waals surface area contributed by atoms with E-state index in [1.165, 1.54) is 5.56 Å². The molecular formula is C24H29NO3. The van der Waals surface area contributed by atoms with E-state index in [9.17, 15) is 9.90 Å². The van der Waals surface area contributed by atoms with Crippen molar-refractivity contribution < 1.29 is 14.6 Å². The summed E-state index contributed by atoms with van der Waals surface area (Å²) in [6, 6.07) is 12.3. The lowest BCUT2D eigenvalue weighted by atomic mass is 9.76. The van der Waals surface area contributed by atoms with E-state index in [4.69, 9.17) is 4.74 Å². The Kier molecular flexibility index (Phi) is 5.51. The van der Waals surface area contributed by atoms with Gasteiger partial charge in [-0.05, 0) is 53.3 Å². The van der Waals surface area contributed by atoms with Crippen LogP contribution in [0.4, 0.5) is 0 Å². The molecule has 0 unspecified atom stereocenters. The summed E-state index contributed by atoms with van der Waals surface area (Å²) in [6.07, 6.45) is 7.51. The fraction of sp³-hybridized carbons (Fsp3) is 0.458. The fourth-order valence-corrected chi connectivity index (χ4v) is 4.54. The number of rotatable bonds is 5. The molecule has 0 spiro atoms. The van der Waals surface area contributed by atoms with E-state index < -0.39 is 0 Å². The normalized spacial score (nSPS) is 24.8. The Morgan fingerprint density at radius 3 is 2.89 bits per heavy atom. The molecule has 2 saturated heterocycles. The molecule has 0 aromatic heterocycles. The molecule has 2 heterocycles. The van der Waals surface area contributed by atoms with E-state index in [0.717, 1.165) is 42.2 Å². The van der Waals surface area contributed by atoms with Crippen LogP contribution in [0.3, 0.4) is 0 Å². The summed E-state index contributed by atoms with van der Waals surface area (Å²) in [6.45, 7) is 4.80. The third-order valence-electron chi connectivity index (χ3n) is 6.29. The highest BCUT2D eigenvalue weighted by Gasteiger charge is 2.49. The van der Waals surface area contributed by atoms with E-state index in [-0.39, 0.29) is 17.9 Å². The van der Waals surface area contributed by atoms with Crippen molar-refractivity contribution in [2.24, 2.45) is 11.3 Å². The van der Waals surface area contributed by atoms with Gasteiger partial charge in [0.05, 0.1) is 13.2 Å². The number of carbonyl (C=O) groups excluding carboxylic acids is 1. The Morgan fingerprint density at radius 2 is 2.11 bits per heavy atom. The molecule has 1 N–H and O–H groups in total. The number of aliphatic hydroxyl groups is 1. The van der Waals surface area contributed by atoms with Gasteiger partial charge in [-0.1, -0.05) is 43.7 Å². The van der Waals surface area contributed by atoms with Crippen molar-refractivity contribution in [2.45, 2.75) is 26.2 Å². The minimum absolute atomic E-state index is 0.0519. The number of nitrogens with zero attached hydrogens (tertiary/aromatic N) is 1. The predicted molar refractivity (Wildman–Crippen MR) is 112 cm³/mol. The first kappa shape index (κ1) is 19.2. The topological polar surface area (TPSA) is 49.8 Å². The van der Waals surface area contributed by atoms with Crippen molar-refractivity contribution in [1.29, 1.82) is 0 Å². The molecule has 2 aromatic carbocycles. The number of benzene rings is 2. The summed E-state index contributed by atoms with van der Waals surface area (Å²) in [5.41, 5.74) is 1.62. The molecule has 4 heteroatoms. The SMILES string of the molecule is CCC/C=C/c1ccc2cc(C(=O)N3C[C@@H]4CCOC[C@]4(CO)C3)ccc2c1. The summed E-state index contributed by atoms with van der Waals surface area (Å²) >= 11 is 0. The van der Waals surface area contributed by atoms with E-state index in [0.29, 0.717) is 25.6 Å². The Bertz CT molecular complexity index is 891. The van der Waals surface area contributed by atoms with Crippen LogP contribution >= 0.6 is 0 Å². The second-order valence-electron chi connectivity index (χ2n) is 8.26. The molecule has 2 atom stereocenters. The van der Waals surface area contributed by atoms with Crippen LogP contribution in [0.25, 0.3) is 16.8 Å². The molecule has 148 valence electrons. The maximum absolute atomic E-state index is 13.1. The molecule has 4 rings (SSSR count). The van der Waals surface area contributed by atoms with Crippen LogP contribution in [0.1, 0.15) is 42.1 Å². The summed E-state index contributed by atoms with van der Waals surface area (Å²) in [5.74, 6) is 0.379. The van der Waals surface area contributed by atoms with E-state index in [1.54, 1.807) is 0 Å². The first-order valence-electron chi connectivity index (χ1n) is 10.3.